The molecule has 1 aliphatic heterocycles. The van der Waals surface area contributed by atoms with Crippen LogP contribution in [0.15, 0.2) is 66.9 Å². The zero-order chi connectivity index (χ0) is 16.8. The Morgan fingerprint density at radius 1 is 0.840 bits per heavy atom. The summed E-state index contributed by atoms with van der Waals surface area (Å²) in [6.45, 7) is 4.61. The zero-order valence-electron chi connectivity index (χ0n) is 14.5. The van der Waals surface area contributed by atoms with Crippen LogP contribution in [0.5, 0.6) is 0 Å². The molecule has 3 nitrogen and oxygen atoms in total. The van der Waals surface area contributed by atoms with E-state index in [4.69, 9.17) is 9.47 Å². The molecule has 133 valence electrons. The molecule has 25 heavy (non-hydrogen) atoms. The van der Waals surface area contributed by atoms with Gasteiger partial charge in [0.2, 0.25) is 0 Å². The van der Waals surface area contributed by atoms with Crippen LogP contribution in [0.2, 0.25) is 0 Å². The maximum absolute atomic E-state index is 5.13. The molecule has 4 heteroatoms. The minimum Gasteiger partial charge on any atom is -0.352 e. The van der Waals surface area contributed by atoms with E-state index in [1.54, 1.807) is 0 Å². The number of pyridine rings is 1. The van der Waals surface area contributed by atoms with E-state index in [1.807, 2.05) is 30.5 Å². The Morgan fingerprint density at radius 2 is 1.48 bits per heavy atom. The molecule has 1 aromatic heterocycles. The standard InChI is InChI=1S/C15H11N.C6H12O2.Ir/c1-2-7-13(8-3-1)15-14-9-5-4-6-12(14)10-11-16-15;1-5-3-6(2)8-4-7-5;/h1-11H;5-6H,3-4H2,1-2H3;. The van der Waals surface area contributed by atoms with E-state index >= 15 is 0 Å². The van der Waals surface area contributed by atoms with Gasteiger partial charge in [-0.3, -0.25) is 4.98 Å². The molecule has 0 N–H and O–H groups in total. The van der Waals surface area contributed by atoms with Crippen molar-refractivity contribution in [2.45, 2.75) is 32.5 Å². The van der Waals surface area contributed by atoms with Crippen molar-refractivity contribution < 1.29 is 29.6 Å². The van der Waals surface area contributed by atoms with Crippen LogP contribution in [0.25, 0.3) is 22.0 Å². The van der Waals surface area contributed by atoms with E-state index in [0.29, 0.717) is 19.0 Å². The van der Waals surface area contributed by atoms with E-state index in [2.05, 4.69) is 55.2 Å². The van der Waals surface area contributed by atoms with Crippen LogP contribution >= 0.6 is 0 Å². The molecule has 2 aromatic carbocycles. The minimum atomic E-state index is 0. The monoisotopic (exact) mass is 514 g/mol. The summed E-state index contributed by atoms with van der Waals surface area (Å²) in [4.78, 5) is 4.48. The Labute approximate surface area is 162 Å². The van der Waals surface area contributed by atoms with Gasteiger partial charge in [0.15, 0.2) is 0 Å². The Morgan fingerprint density at radius 3 is 2.12 bits per heavy atom. The van der Waals surface area contributed by atoms with Gasteiger partial charge in [-0.1, -0.05) is 54.6 Å². The van der Waals surface area contributed by atoms with Gasteiger partial charge < -0.3 is 9.47 Å². The van der Waals surface area contributed by atoms with Gasteiger partial charge in [0.1, 0.15) is 6.79 Å². The molecule has 2 heterocycles. The van der Waals surface area contributed by atoms with Crippen molar-refractivity contribution in [2.24, 2.45) is 0 Å². The van der Waals surface area contributed by atoms with Gasteiger partial charge in [-0.2, -0.15) is 0 Å². The molecular weight excluding hydrogens is 490 g/mol. The van der Waals surface area contributed by atoms with Gasteiger partial charge in [0.05, 0.1) is 17.9 Å². The second-order valence-electron chi connectivity index (χ2n) is 6.05. The van der Waals surface area contributed by atoms with Crippen LogP contribution < -0.4 is 0 Å². The smallest absolute Gasteiger partial charge is 0.147 e. The molecule has 0 aliphatic carbocycles. The number of fused-ring (bicyclic) bond motifs is 1. The topological polar surface area (TPSA) is 31.4 Å². The summed E-state index contributed by atoms with van der Waals surface area (Å²) < 4.78 is 10.3. The summed E-state index contributed by atoms with van der Waals surface area (Å²) in [7, 11) is 0. The third kappa shape index (κ3) is 5.45. The average Bonchev–Trinajstić information content (AvgIpc) is 2.62. The minimum absolute atomic E-state index is 0. The van der Waals surface area contributed by atoms with Crippen LogP contribution in [-0.4, -0.2) is 24.0 Å². The third-order valence-corrected chi connectivity index (χ3v) is 4.09. The molecule has 0 saturated carbocycles. The van der Waals surface area contributed by atoms with Gasteiger partial charge in [-0.15, -0.1) is 0 Å². The molecule has 4 rings (SSSR count). The van der Waals surface area contributed by atoms with Crippen molar-refractivity contribution in [2.75, 3.05) is 6.79 Å². The van der Waals surface area contributed by atoms with E-state index < -0.39 is 0 Å². The second-order valence-corrected chi connectivity index (χ2v) is 6.05. The molecule has 2 atom stereocenters. The molecule has 1 saturated heterocycles. The summed E-state index contributed by atoms with van der Waals surface area (Å²) in [6, 6.07) is 20.7. The number of hydrogen-bond acceptors (Lipinski definition) is 3. The van der Waals surface area contributed by atoms with Crippen LogP contribution in [0.3, 0.4) is 0 Å². The number of rotatable bonds is 1. The van der Waals surface area contributed by atoms with Gasteiger partial charge in [-0.05, 0) is 31.7 Å². The third-order valence-electron chi connectivity index (χ3n) is 4.09. The normalized spacial score (nSPS) is 19.4. The van der Waals surface area contributed by atoms with Crippen molar-refractivity contribution in [1.82, 2.24) is 4.98 Å². The first-order valence-corrected chi connectivity index (χ1v) is 8.36. The Hall–Kier alpha value is -1.58. The fourth-order valence-electron chi connectivity index (χ4n) is 2.82. The zero-order valence-corrected chi connectivity index (χ0v) is 16.9. The number of benzene rings is 2. The molecule has 1 radical (unpaired) electrons. The first kappa shape index (κ1) is 19.7. The summed E-state index contributed by atoms with van der Waals surface area (Å²) in [5.41, 5.74) is 2.22. The average molecular weight is 514 g/mol. The maximum Gasteiger partial charge on any atom is 0.147 e. The molecule has 1 fully saturated rings. The quantitative estimate of drug-likeness (QED) is 0.456. The van der Waals surface area contributed by atoms with Crippen molar-refractivity contribution >= 4 is 10.8 Å². The fraction of sp³-hybridized carbons (Fsp3) is 0.286. The molecule has 0 amide bonds. The first-order chi connectivity index (χ1) is 11.7. The number of aromatic nitrogens is 1. The molecule has 3 aromatic rings. The van der Waals surface area contributed by atoms with E-state index in [1.165, 1.54) is 16.3 Å². The largest absolute Gasteiger partial charge is 0.352 e. The predicted octanol–water partition coefficient (Wildman–Crippen LogP) is 5.06. The van der Waals surface area contributed by atoms with Crippen LogP contribution in [0, 0.1) is 0 Å². The Kier molecular flexibility index (Phi) is 7.73. The number of hydrogen-bond donors (Lipinski definition) is 0. The van der Waals surface area contributed by atoms with E-state index in [9.17, 15) is 0 Å². The fourth-order valence-corrected chi connectivity index (χ4v) is 2.82. The van der Waals surface area contributed by atoms with Gasteiger partial charge in [-0.25, -0.2) is 0 Å². The van der Waals surface area contributed by atoms with Gasteiger partial charge >= 0.3 is 0 Å². The Bertz CT molecular complexity index is 766. The molecular formula is C21H23IrNO2. The summed E-state index contributed by atoms with van der Waals surface area (Å²) >= 11 is 0. The second kappa shape index (κ2) is 9.79. The number of ether oxygens (including phenoxy) is 2. The van der Waals surface area contributed by atoms with Crippen molar-refractivity contribution in [3.8, 4) is 11.3 Å². The van der Waals surface area contributed by atoms with Crippen LogP contribution in [-0.2, 0) is 29.6 Å². The SMILES string of the molecule is CC1CC(C)OCO1.[Ir].c1ccc(-c2nccc3ccccc23)cc1. The molecule has 0 bridgehead atoms. The first-order valence-electron chi connectivity index (χ1n) is 8.36. The summed E-state index contributed by atoms with van der Waals surface area (Å²) in [5, 5.41) is 2.44. The van der Waals surface area contributed by atoms with Crippen molar-refractivity contribution in [3.63, 3.8) is 0 Å². The van der Waals surface area contributed by atoms with E-state index in [0.717, 1.165) is 12.1 Å². The van der Waals surface area contributed by atoms with Crippen molar-refractivity contribution in [3.05, 3.63) is 66.9 Å². The van der Waals surface area contributed by atoms with Crippen LogP contribution in [0.4, 0.5) is 0 Å². The summed E-state index contributed by atoms with van der Waals surface area (Å²) in [5.74, 6) is 0. The number of nitrogens with zero attached hydrogens (tertiary/aromatic N) is 1. The van der Waals surface area contributed by atoms with Crippen LogP contribution in [0.1, 0.15) is 20.3 Å². The molecule has 2 unspecified atom stereocenters. The summed E-state index contributed by atoms with van der Waals surface area (Å²) in [6.07, 6.45) is 3.67. The van der Waals surface area contributed by atoms with Crippen molar-refractivity contribution in [1.29, 1.82) is 0 Å². The maximum atomic E-state index is 5.13. The van der Waals surface area contributed by atoms with Gasteiger partial charge in [0, 0.05) is 37.3 Å². The predicted molar refractivity (Wildman–Crippen MR) is 97.8 cm³/mol. The Balaban J connectivity index is 0.000000214. The van der Waals surface area contributed by atoms with E-state index in [-0.39, 0.29) is 20.1 Å². The molecule has 0 spiro atoms. The molecule has 1 aliphatic rings. The van der Waals surface area contributed by atoms with Gasteiger partial charge in [0.25, 0.3) is 0 Å².